The Labute approximate surface area is 187 Å². The summed E-state index contributed by atoms with van der Waals surface area (Å²) in [6, 6.07) is 14.2. The molecule has 0 unspecified atom stereocenters. The van der Waals surface area contributed by atoms with E-state index in [1.165, 1.54) is 18.4 Å². The van der Waals surface area contributed by atoms with Crippen molar-refractivity contribution < 1.29 is 0 Å². The van der Waals surface area contributed by atoms with Gasteiger partial charge in [0.25, 0.3) is 5.56 Å². The Morgan fingerprint density at radius 2 is 1.72 bits per heavy atom. The van der Waals surface area contributed by atoms with Crippen LogP contribution in [-0.2, 0) is 7.05 Å². The normalized spacial score (nSPS) is 16.7. The number of rotatable bonds is 4. The van der Waals surface area contributed by atoms with Gasteiger partial charge in [-0.05, 0) is 49.3 Å². The Balaban J connectivity index is 1.66. The highest BCUT2D eigenvalue weighted by Gasteiger charge is 2.26. The maximum atomic E-state index is 13.4. The second kappa shape index (κ2) is 8.21. The van der Waals surface area contributed by atoms with Crippen molar-refractivity contribution in [2.45, 2.75) is 37.6 Å². The van der Waals surface area contributed by atoms with E-state index in [1.807, 2.05) is 11.0 Å². The van der Waals surface area contributed by atoms with Gasteiger partial charge >= 0.3 is 0 Å². The predicted molar refractivity (Wildman–Crippen MR) is 124 cm³/mol. The van der Waals surface area contributed by atoms with Gasteiger partial charge in [0.2, 0.25) is 0 Å². The highest BCUT2D eigenvalue weighted by molar-refractivity contribution is 5.79. The van der Waals surface area contributed by atoms with Crippen molar-refractivity contribution in [2.75, 3.05) is 18.0 Å². The molecule has 1 aromatic carbocycles. The van der Waals surface area contributed by atoms with Crippen molar-refractivity contribution in [3.8, 4) is 28.6 Å². The minimum absolute atomic E-state index is 0.118. The quantitative estimate of drug-likeness (QED) is 0.688. The van der Waals surface area contributed by atoms with Crippen LogP contribution >= 0.6 is 0 Å². The third-order valence-electron chi connectivity index (χ3n) is 6.50. The lowest BCUT2D eigenvalue weighted by molar-refractivity contribution is 0.496. The number of hydrogen-bond acceptors (Lipinski definition) is 6. The largest absolute Gasteiger partial charge is 0.352 e. The van der Waals surface area contributed by atoms with Crippen molar-refractivity contribution >= 4 is 5.82 Å². The molecular formula is C25H26N6O. The van der Waals surface area contributed by atoms with Gasteiger partial charge in [-0.2, -0.15) is 5.26 Å². The third-order valence-corrected chi connectivity index (χ3v) is 6.50. The summed E-state index contributed by atoms with van der Waals surface area (Å²) in [5.74, 6) is 1.11. The number of piperidine rings is 1. The fraction of sp³-hybridized carbons (Fsp3) is 0.360. The number of nitrogens with two attached hydrogens (primary N) is 1. The molecule has 2 aliphatic rings. The first-order chi connectivity index (χ1) is 15.5. The second-order valence-electron chi connectivity index (χ2n) is 8.76. The van der Waals surface area contributed by atoms with Gasteiger partial charge in [0.1, 0.15) is 11.8 Å². The predicted octanol–water partition coefficient (Wildman–Crippen LogP) is 3.19. The first kappa shape index (κ1) is 20.4. The number of anilines is 1. The van der Waals surface area contributed by atoms with Crippen LogP contribution in [0.15, 0.2) is 47.4 Å². The molecule has 0 radical (unpaired) electrons. The monoisotopic (exact) mass is 426 g/mol. The Hall–Kier alpha value is -3.50. The number of aromatic nitrogens is 3. The van der Waals surface area contributed by atoms with Crippen LogP contribution in [0.4, 0.5) is 5.82 Å². The molecule has 0 atom stereocenters. The van der Waals surface area contributed by atoms with Crippen LogP contribution in [0.3, 0.4) is 0 Å². The molecule has 0 amide bonds. The van der Waals surface area contributed by atoms with E-state index < -0.39 is 0 Å². The standard InChI is InChI=1S/C25H26N6O/c1-30-23(18-6-4-17(5-7-18)16-2-3-16)22(19-8-9-21(14-26)28-15-19)29-24(25(30)32)31-12-10-20(27)11-13-31/h4-9,15-16,20H,2-3,10-13,27H2,1H3. The Bertz CT molecular complexity index is 1230. The van der Waals surface area contributed by atoms with Gasteiger partial charge in [-0.25, -0.2) is 9.97 Å². The lowest BCUT2D eigenvalue weighted by Crippen LogP contribution is -2.43. The highest BCUT2D eigenvalue weighted by Crippen LogP contribution is 2.41. The highest BCUT2D eigenvalue weighted by atomic mass is 16.1. The molecule has 32 heavy (non-hydrogen) atoms. The van der Waals surface area contributed by atoms with Gasteiger partial charge in [-0.1, -0.05) is 24.3 Å². The van der Waals surface area contributed by atoms with E-state index in [9.17, 15) is 4.79 Å². The number of benzene rings is 1. The topological polar surface area (TPSA) is 101 Å². The van der Waals surface area contributed by atoms with E-state index in [2.05, 4.69) is 35.3 Å². The summed E-state index contributed by atoms with van der Waals surface area (Å²) in [5.41, 5.74) is 10.8. The molecule has 1 aliphatic carbocycles. The summed E-state index contributed by atoms with van der Waals surface area (Å²) in [5, 5.41) is 9.13. The molecule has 0 bridgehead atoms. The van der Waals surface area contributed by atoms with E-state index in [0.717, 1.165) is 29.7 Å². The summed E-state index contributed by atoms with van der Waals surface area (Å²) < 4.78 is 1.69. The Kier molecular flexibility index (Phi) is 5.24. The fourth-order valence-corrected chi connectivity index (χ4v) is 4.40. The molecule has 3 heterocycles. The van der Waals surface area contributed by atoms with E-state index >= 15 is 0 Å². The summed E-state index contributed by atoms with van der Waals surface area (Å²) >= 11 is 0. The summed E-state index contributed by atoms with van der Waals surface area (Å²) in [6.45, 7) is 1.42. The molecule has 1 saturated carbocycles. The average Bonchev–Trinajstić information content (AvgIpc) is 3.67. The van der Waals surface area contributed by atoms with Crippen LogP contribution < -0.4 is 16.2 Å². The molecule has 7 nitrogen and oxygen atoms in total. The number of hydrogen-bond donors (Lipinski definition) is 1. The molecule has 162 valence electrons. The first-order valence-electron chi connectivity index (χ1n) is 11.1. The van der Waals surface area contributed by atoms with Crippen LogP contribution in [0, 0.1) is 11.3 Å². The van der Waals surface area contributed by atoms with Crippen molar-refractivity contribution in [2.24, 2.45) is 12.8 Å². The van der Waals surface area contributed by atoms with Crippen molar-refractivity contribution in [3.63, 3.8) is 0 Å². The summed E-state index contributed by atoms with van der Waals surface area (Å²) in [6.07, 6.45) is 5.82. The van der Waals surface area contributed by atoms with Gasteiger partial charge in [-0.3, -0.25) is 4.79 Å². The maximum Gasteiger partial charge on any atom is 0.293 e. The van der Waals surface area contributed by atoms with Crippen LogP contribution in [0.25, 0.3) is 22.5 Å². The zero-order valence-electron chi connectivity index (χ0n) is 18.2. The second-order valence-corrected chi connectivity index (χ2v) is 8.76. The molecule has 7 heteroatoms. The number of nitriles is 1. The van der Waals surface area contributed by atoms with E-state index in [0.29, 0.717) is 36.2 Å². The minimum atomic E-state index is -0.118. The molecule has 1 aliphatic heterocycles. The van der Waals surface area contributed by atoms with Gasteiger partial charge < -0.3 is 15.2 Å². The molecule has 3 aromatic rings. The molecule has 0 spiro atoms. The van der Waals surface area contributed by atoms with Crippen LogP contribution in [0.1, 0.15) is 42.9 Å². The van der Waals surface area contributed by atoms with Gasteiger partial charge in [0.15, 0.2) is 5.82 Å². The first-order valence-corrected chi connectivity index (χ1v) is 11.1. The van der Waals surface area contributed by atoms with E-state index in [1.54, 1.807) is 23.9 Å². The molecular weight excluding hydrogens is 400 g/mol. The lowest BCUT2D eigenvalue weighted by atomic mass is 10.0. The lowest BCUT2D eigenvalue weighted by Gasteiger charge is -2.31. The van der Waals surface area contributed by atoms with E-state index in [-0.39, 0.29) is 11.6 Å². The number of nitrogens with zero attached hydrogens (tertiary/aromatic N) is 5. The zero-order chi connectivity index (χ0) is 22.2. The third kappa shape index (κ3) is 3.78. The SMILES string of the molecule is Cn1c(-c2ccc(C3CC3)cc2)c(-c2ccc(C#N)nc2)nc(N2CCC(N)CC2)c1=O. The zero-order valence-corrected chi connectivity index (χ0v) is 18.2. The smallest absolute Gasteiger partial charge is 0.293 e. The van der Waals surface area contributed by atoms with Crippen molar-refractivity contribution in [3.05, 3.63) is 64.2 Å². The molecule has 5 rings (SSSR count). The average molecular weight is 427 g/mol. The van der Waals surface area contributed by atoms with Crippen molar-refractivity contribution in [1.82, 2.24) is 14.5 Å². The van der Waals surface area contributed by atoms with Crippen LogP contribution in [0.2, 0.25) is 0 Å². The fourth-order valence-electron chi connectivity index (χ4n) is 4.40. The Morgan fingerprint density at radius 1 is 1.03 bits per heavy atom. The van der Waals surface area contributed by atoms with Gasteiger partial charge in [-0.15, -0.1) is 0 Å². The summed E-state index contributed by atoms with van der Waals surface area (Å²) in [7, 11) is 1.80. The Morgan fingerprint density at radius 3 is 2.31 bits per heavy atom. The van der Waals surface area contributed by atoms with Crippen LogP contribution in [-0.4, -0.2) is 33.7 Å². The minimum Gasteiger partial charge on any atom is -0.352 e. The van der Waals surface area contributed by atoms with Gasteiger partial charge in [0, 0.05) is 43.5 Å². The summed E-state index contributed by atoms with van der Waals surface area (Å²) in [4.78, 5) is 24.5. The van der Waals surface area contributed by atoms with Gasteiger partial charge in [0.05, 0.1) is 11.4 Å². The van der Waals surface area contributed by atoms with Crippen molar-refractivity contribution in [1.29, 1.82) is 5.26 Å². The molecule has 1 saturated heterocycles. The van der Waals surface area contributed by atoms with E-state index in [4.69, 9.17) is 16.0 Å². The van der Waals surface area contributed by atoms with Crippen LogP contribution in [0.5, 0.6) is 0 Å². The maximum absolute atomic E-state index is 13.4. The molecule has 2 fully saturated rings. The molecule has 2 aromatic heterocycles. The number of pyridine rings is 1. The molecule has 2 N–H and O–H groups in total.